The van der Waals surface area contributed by atoms with E-state index in [4.69, 9.17) is 17.0 Å². The molecule has 144 valence electrons. The number of ether oxygens (including phenoxy) is 1. The summed E-state index contributed by atoms with van der Waals surface area (Å²) in [6.07, 6.45) is 0.872. The van der Waals surface area contributed by atoms with Gasteiger partial charge < -0.3 is 20.1 Å². The van der Waals surface area contributed by atoms with Crippen molar-refractivity contribution in [3.8, 4) is 11.5 Å². The van der Waals surface area contributed by atoms with E-state index in [-0.39, 0.29) is 5.75 Å². The monoisotopic (exact) mass is 392 g/mol. The Balaban J connectivity index is 1.79. The number of anilines is 1. The highest BCUT2D eigenvalue weighted by Crippen LogP contribution is 2.30. The molecule has 0 spiro atoms. The molecule has 28 heavy (non-hydrogen) atoms. The molecule has 0 aliphatic carbocycles. The second kappa shape index (κ2) is 9.76. The van der Waals surface area contributed by atoms with Crippen LogP contribution in [-0.4, -0.2) is 23.9 Å². The van der Waals surface area contributed by atoms with E-state index in [1.54, 1.807) is 13.2 Å². The number of phenols is 1. The maximum Gasteiger partial charge on any atom is 0.173 e. The minimum Gasteiger partial charge on any atom is -0.508 e. The van der Waals surface area contributed by atoms with Crippen molar-refractivity contribution in [3.63, 3.8) is 0 Å². The van der Waals surface area contributed by atoms with Crippen LogP contribution in [0.5, 0.6) is 11.5 Å². The molecule has 0 saturated heterocycles. The fourth-order valence-corrected chi connectivity index (χ4v) is 3.25. The Bertz CT molecular complexity index is 915. The van der Waals surface area contributed by atoms with E-state index in [2.05, 4.69) is 17.4 Å². The number of nitrogens with zero attached hydrogens (tertiary/aromatic N) is 1. The van der Waals surface area contributed by atoms with Gasteiger partial charge in [0.15, 0.2) is 5.11 Å². The molecule has 0 unspecified atom stereocenters. The molecule has 3 rings (SSSR count). The van der Waals surface area contributed by atoms with Gasteiger partial charge in [-0.3, -0.25) is 0 Å². The summed E-state index contributed by atoms with van der Waals surface area (Å²) in [6, 6.07) is 25.3. The summed E-state index contributed by atoms with van der Waals surface area (Å²) < 4.78 is 5.53. The molecule has 0 aliphatic heterocycles. The minimum absolute atomic E-state index is 0.245. The standard InChI is InChI=1S/C23H24N2O2S/c1-27-22-14-8-6-12-20(22)25(17-19-11-5-7-13-21(19)26)23(28)24-16-15-18-9-3-2-4-10-18/h2-14,26H,15-17H2,1H3,(H,24,28). The Hall–Kier alpha value is -3.05. The van der Waals surface area contributed by atoms with Crippen molar-refractivity contribution >= 4 is 23.0 Å². The highest BCUT2D eigenvalue weighted by atomic mass is 32.1. The van der Waals surface area contributed by atoms with Gasteiger partial charge in [0, 0.05) is 12.1 Å². The van der Waals surface area contributed by atoms with Crippen LogP contribution in [0.25, 0.3) is 0 Å². The number of aromatic hydroxyl groups is 1. The molecule has 3 aromatic carbocycles. The second-order valence-electron chi connectivity index (χ2n) is 6.35. The van der Waals surface area contributed by atoms with E-state index in [0.29, 0.717) is 11.7 Å². The fourth-order valence-electron chi connectivity index (χ4n) is 2.99. The number of methoxy groups -OCH3 is 1. The minimum atomic E-state index is 0.245. The normalized spacial score (nSPS) is 10.3. The van der Waals surface area contributed by atoms with Crippen molar-refractivity contribution in [3.05, 3.63) is 90.0 Å². The lowest BCUT2D eigenvalue weighted by Crippen LogP contribution is -2.40. The average molecular weight is 393 g/mol. The van der Waals surface area contributed by atoms with E-state index >= 15 is 0 Å². The molecule has 0 saturated carbocycles. The van der Waals surface area contributed by atoms with Crippen molar-refractivity contribution in [2.24, 2.45) is 0 Å². The smallest absolute Gasteiger partial charge is 0.173 e. The van der Waals surface area contributed by atoms with Crippen LogP contribution in [0.3, 0.4) is 0 Å². The van der Waals surface area contributed by atoms with Crippen LogP contribution in [-0.2, 0) is 13.0 Å². The summed E-state index contributed by atoms with van der Waals surface area (Å²) >= 11 is 5.70. The molecule has 0 heterocycles. The number of para-hydroxylation sites is 3. The molecule has 0 radical (unpaired) electrons. The second-order valence-corrected chi connectivity index (χ2v) is 6.74. The molecule has 0 amide bonds. The Morgan fingerprint density at radius 3 is 2.39 bits per heavy atom. The third kappa shape index (κ3) is 5.02. The Morgan fingerprint density at radius 1 is 0.964 bits per heavy atom. The Kier molecular flexibility index (Phi) is 6.87. The van der Waals surface area contributed by atoms with E-state index in [0.717, 1.165) is 30.0 Å². The first kappa shape index (κ1) is 19.7. The van der Waals surface area contributed by atoms with Crippen LogP contribution < -0.4 is 15.0 Å². The van der Waals surface area contributed by atoms with Gasteiger partial charge >= 0.3 is 0 Å². The third-order valence-electron chi connectivity index (χ3n) is 4.47. The van der Waals surface area contributed by atoms with Gasteiger partial charge in [0.25, 0.3) is 0 Å². The zero-order valence-electron chi connectivity index (χ0n) is 15.8. The largest absolute Gasteiger partial charge is 0.508 e. The van der Waals surface area contributed by atoms with Crippen LogP contribution in [0.1, 0.15) is 11.1 Å². The average Bonchev–Trinajstić information content (AvgIpc) is 2.74. The van der Waals surface area contributed by atoms with Crippen molar-refractivity contribution in [1.82, 2.24) is 5.32 Å². The molecule has 5 heteroatoms. The number of hydrogen-bond acceptors (Lipinski definition) is 3. The van der Waals surface area contributed by atoms with Gasteiger partial charge in [-0.25, -0.2) is 0 Å². The summed E-state index contributed by atoms with van der Waals surface area (Å²) in [7, 11) is 1.64. The summed E-state index contributed by atoms with van der Waals surface area (Å²) in [5.41, 5.74) is 2.90. The van der Waals surface area contributed by atoms with E-state index in [9.17, 15) is 5.11 Å². The summed E-state index contributed by atoms with van der Waals surface area (Å²) in [5.74, 6) is 0.972. The van der Waals surface area contributed by atoms with E-state index in [1.807, 2.05) is 65.6 Å². The predicted molar refractivity (Wildman–Crippen MR) is 118 cm³/mol. The molecule has 2 N–H and O–H groups in total. The lowest BCUT2D eigenvalue weighted by atomic mass is 10.1. The topological polar surface area (TPSA) is 44.7 Å². The molecule has 0 aromatic heterocycles. The van der Waals surface area contributed by atoms with Gasteiger partial charge in [0.2, 0.25) is 0 Å². The van der Waals surface area contributed by atoms with Crippen LogP contribution in [0, 0.1) is 0 Å². The molecule has 0 atom stereocenters. The van der Waals surface area contributed by atoms with Gasteiger partial charge in [-0.15, -0.1) is 0 Å². The number of hydrogen-bond donors (Lipinski definition) is 2. The van der Waals surface area contributed by atoms with Gasteiger partial charge in [0.1, 0.15) is 11.5 Å². The van der Waals surface area contributed by atoms with Gasteiger partial charge in [0.05, 0.1) is 19.3 Å². The zero-order valence-corrected chi connectivity index (χ0v) is 16.7. The summed E-state index contributed by atoms with van der Waals surface area (Å²) in [5, 5.41) is 14.1. The number of rotatable bonds is 7. The number of thiocarbonyl (C=S) groups is 1. The van der Waals surface area contributed by atoms with Crippen molar-refractivity contribution in [2.75, 3.05) is 18.6 Å². The fraction of sp³-hybridized carbons (Fsp3) is 0.174. The molecular weight excluding hydrogens is 368 g/mol. The summed E-state index contributed by atoms with van der Waals surface area (Å²) in [4.78, 5) is 1.95. The molecule has 0 fully saturated rings. The molecule has 4 nitrogen and oxygen atoms in total. The Morgan fingerprint density at radius 2 is 1.64 bits per heavy atom. The first-order chi connectivity index (χ1) is 13.7. The first-order valence-corrected chi connectivity index (χ1v) is 9.59. The quantitative estimate of drug-likeness (QED) is 0.579. The number of phenolic OH excluding ortho intramolecular Hbond substituents is 1. The van der Waals surface area contributed by atoms with Crippen LogP contribution in [0.15, 0.2) is 78.9 Å². The zero-order chi connectivity index (χ0) is 19.8. The Labute approximate surface area is 171 Å². The van der Waals surface area contributed by atoms with Crippen LogP contribution in [0.4, 0.5) is 5.69 Å². The number of benzene rings is 3. The van der Waals surface area contributed by atoms with Gasteiger partial charge in [-0.2, -0.15) is 0 Å². The van der Waals surface area contributed by atoms with Crippen molar-refractivity contribution in [2.45, 2.75) is 13.0 Å². The van der Waals surface area contributed by atoms with E-state index in [1.165, 1.54) is 5.56 Å². The maximum atomic E-state index is 10.2. The summed E-state index contributed by atoms with van der Waals surface area (Å²) in [6.45, 7) is 1.15. The number of nitrogens with one attached hydrogen (secondary N) is 1. The lowest BCUT2D eigenvalue weighted by molar-refractivity contribution is 0.415. The van der Waals surface area contributed by atoms with Crippen molar-refractivity contribution < 1.29 is 9.84 Å². The van der Waals surface area contributed by atoms with Gasteiger partial charge in [-0.05, 0) is 42.4 Å². The molecule has 3 aromatic rings. The third-order valence-corrected chi connectivity index (χ3v) is 4.84. The highest BCUT2D eigenvalue weighted by Gasteiger charge is 2.18. The van der Waals surface area contributed by atoms with Crippen LogP contribution in [0.2, 0.25) is 0 Å². The molecular formula is C23H24N2O2S. The lowest BCUT2D eigenvalue weighted by Gasteiger charge is -2.28. The molecule has 0 aliphatic rings. The van der Waals surface area contributed by atoms with Crippen molar-refractivity contribution in [1.29, 1.82) is 0 Å². The van der Waals surface area contributed by atoms with Crippen LogP contribution >= 0.6 is 12.2 Å². The maximum absolute atomic E-state index is 10.2. The van der Waals surface area contributed by atoms with E-state index < -0.39 is 0 Å². The SMILES string of the molecule is COc1ccccc1N(Cc1ccccc1O)C(=S)NCCc1ccccc1. The first-order valence-electron chi connectivity index (χ1n) is 9.18. The predicted octanol–water partition coefficient (Wildman–Crippen LogP) is 4.52. The highest BCUT2D eigenvalue weighted by molar-refractivity contribution is 7.80. The molecule has 0 bridgehead atoms. The van der Waals surface area contributed by atoms with Gasteiger partial charge in [-0.1, -0.05) is 60.7 Å².